The minimum Gasteiger partial charge on any atom is -0.337 e. The molecule has 1 amide bonds. The second-order valence-corrected chi connectivity index (χ2v) is 6.08. The molecule has 0 spiro atoms. The van der Waals surface area contributed by atoms with E-state index in [0.29, 0.717) is 16.6 Å². The van der Waals surface area contributed by atoms with E-state index >= 15 is 0 Å². The van der Waals surface area contributed by atoms with Crippen LogP contribution < -0.4 is 0 Å². The molecule has 2 aromatic rings. The maximum Gasteiger partial charge on any atom is 0.272 e. The Balaban J connectivity index is 1.91. The summed E-state index contributed by atoms with van der Waals surface area (Å²) < 4.78 is 0. The van der Waals surface area contributed by atoms with Gasteiger partial charge in [0.05, 0.1) is 10.5 Å². The molecule has 1 aromatic heterocycles. The Hall–Kier alpha value is -1.61. The summed E-state index contributed by atoms with van der Waals surface area (Å²) >= 11 is 6.29. The predicted molar refractivity (Wildman–Crippen MR) is 85.7 cm³/mol. The van der Waals surface area contributed by atoms with Crippen molar-refractivity contribution in [1.82, 2.24) is 9.88 Å². The summed E-state index contributed by atoms with van der Waals surface area (Å²) in [7, 11) is 0. The quantitative estimate of drug-likeness (QED) is 0.835. The smallest absolute Gasteiger partial charge is 0.272 e. The Morgan fingerprint density at radius 3 is 3.05 bits per heavy atom. The van der Waals surface area contributed by atoms with Crippen molar-refractivity contribution in [2.45, 2.75) is 26.2 Å². The van der Waals surface area contributed by atoms with Crippen molar-refractivity contribution in [3.8, 4) is 0 Å². The molecule has 1 aliphatic rings. The average Bonchev–Trinajstić information content (AvgIpc) is 2.54. The molecule has 0 N–H and O–H groups in total. The summed E-state index contributed by atoms with van der Waals surface area (Å²) in [5, 5.41) is 1.48. The SMILES string of the molecule is CCC1CCCN(C(=O)c2cc(Cl)c3ccccc3n2)C1. The standard InChI is InChI=1S/C17H19ClN2O/c1-2-12-6-5-9-20(11-12)17(21)16-10-14(18)13-7-3-4-8-15(13)19-16/h3-4,7-8,10,12H,2,5-6,9,11H2,1H3. The number of hydrogen-bond donors (Lipinski definition) is 0. The molecule has 0 bridgehead atoms. The van der Waals surface area contributed by atoms with Crippen LogP contribution in [-0.2, 0) is 0 Å². The first-order chi connectivity index (χ1) is 10.2. The molecule has 1 unspecified atom stereocenters. The fourth-order valence-electron chi connectivity index (χ4n) is 2.99. The number of carbonyl (C=O) groups excluding carboxylic acids is 1. The first-order valence-electron chi connectivity index (χ1n) is 7.53. The highest BCUT2D eigenvalue weighted by Gasteiger charge is 2.24. The molecule has 1 aromatic carbocycles. The van der Waals surface area contributed by atoms with E-state index in [1.807, 2.05) is 29.2 Å². The molecular weight excluding hydrogens is 284 g/mol. The van der Waals surface area contributed by atoms with Gasteiger partial charge in [0.25, 0.3) is 5.91 Å². The average molecular weight is 303 g/mol. The molecule has 1 aliphatic heterocycles. The van der Waals surface area contributed by atoms with Gasteiger partial charge in [-0.3, -0.25) is 4.79 Å². The van der Waals surface area contributed by atoms with Crippen molar-refractivity contribution in [2.75, 3.05) is 13.1 Å². The van der Waals surface area contributed by atoms with Crippen LogP contribution in [-0.4, -0.2) is 28.9 Å². The lowest BCUT2D eigenvalue weighted by molar-refractivity contribution is 0.0665. The van der Waals surface area contributed by atoms with Gasteiger partial charge in [0.1, 0.15) is 5.69 Å². The molecule has 3 rings (SSSR count). The van der Waals surface area contributed by atoms with Gasteiger partial charge in [0.2, 0.25) is 0 Å². The molecule has 0 radical (unpaired) electrons. The maximum atomic E-state index is 12.7. The number of pyridine rings is 1. The van der Waals surface area contributed by atoms with Crippen LogP contribution in [0.5, 0.6) is 0 Å². The van der Waals surface area contributed by atoms with E-state index in [9.17, 15) is 4.79 Å². The number of piperidine rings is 1. The van der Waals surface area contributed by atoms with E-state index in [1.54, 1.807) is 6.07 Å². The fourth-order valence-corrected chi connectivity index (χ4v) is 3.25. The molecule has 110 valence electrons. The van der Waals surface area contributed by atoms with Crippen molar-refractivity contribution in [3.63, 3.8) is 0 Å². The third-order valence-electron chi connectivity index (χ3n) is 4.27. The molecule has 0 aliphatic carbocycles. The molecule has 1 saturated heterocycles. The molecule has 1 atom stereocenters. The number of rotatable bonds is 2. The second kappa shape index (κ2) is 6.02. The molecule has 2 heterocycles. The fraction of sp³-hybridized carbons (Fsp3) is 0.412. The number of amides is 1. The van der Waals surface area contributed by atoms with Crippen LogP contribution in [0.1, 0.15) is 36.7 Å². The van der Waals surface area contributed by atoms with E-state index in [1.165, 1.54) is 6.42 Å². The lowest BCUT2D eigenvalue weighted by atomic mass is 9.95. The predicted octanol–water partition coefficient (Wildman–Crippen LogP) is 4.15. The molecule has 1 fully saturated rings. The number of benzene rings is 1. The highest BCUT2D eigenvalue weighted by atomic mass is 35.5. The minimum absolute atomic E-state index is 0.000744. The van der Waals surface area contributed by atoms with Crippen molar-refractivity contribution >= 4 is 28.4 Å². The Labute approximate surface area is 129 Å². The van der Waals surface area contributed by atoms with Crippen LogP contribution in [0.15, 0.2) is 30.3 Å². The van der Waals surface area contributed by atoms with Crippen molar-refractivity contribution < 1.29 is 4.79 Å². The molecule has 21 heavy (non-hydrogen) atoms. The van der Waals surface area contributed by atoms with Crippen LogP contribution in [0.25, 0.3) is 10.9 Å². The van der Waals surface area contributed by atoms with Gasteiger partial charge in [0.15, 0.2) is 0 Å². The number of halogens is 1. The Bertz CT molecular complexity index is 671. The van der Waals surface area contributed by atoms with Crippen molar-refractivity contribution in [2.24, 2.45) is 5.92 Å². The van der Waals surface area contributed by atoms with Crippen LogP contribution in [0.4, 0.5) is 0 Å². The summed E-state index contributed by atoms with van der Waals surface area (Å²) in [6.07, 6.45) is 3.41. The largest absolute Gasteiger partial charge is 0.337 e. The Morgan fingerprint density at radius 2 is 2.24 bits per heavy atom. The van der Waals surface area contributed by atoms with Gasteiger partial charge in [-0.2, -0.15) is 0 Å². The van der Waals surface area contributed by atoms with Gasteiger partial charge in [-0.05, 0) is 30.9 Å². The number of fused-ring (bicyclic) bond motifs is 1. The zero-order valence-electron chi connectivity index (χ0n) is 12.2. The number of likely N-dealkylation sites (tertiary alicyclic amines) is 1. The van der Waals surface area contributed by atoms with Gasteiger partial charge < -0.3 is 4.90 Å². The zero-order chi connectivity index (χ0) is 14.8. The van der Waals surface area contributed by atoms with Crippen LogP contribution in [0.3, 0.4) is 0 Å². The highest BCUT2D eigenvalue weighted by Crippen LogP contribution is 2.25. The van der Waals surface area contributed by atoms with E-state index in [2.05, 4.69) is 11.9 Å². The van der Waals surface area contributed by atoms with Crippen molar-refractivity contribution in [3.05, 3.63) is 41.0 Å². The molecule has 0 saturated carbocycles. The van der Waals surface area contributed by atoms with Gasteiger partial charge in [-0.15, -0.1) is 0 Å². The maximum absolute atomic E-state index is 12.7. The number of aromatic nitrogens is 1. The summed E-state index contributed by atoms with van der Waals surface area (Å²) in [5.41, 5.74) is 1.23. The zero-order valence-corrected chi connectivity index (χ0v) is 12.9. The number of hydrogen-bond acceptors (Lipinski definition) is 2. The Kier molecular flexibility index (Phi) is 4.11. The Morgan fingerprint density at radius 1 is 1.43 bits per heavy atom. The van der Waals surface area contributed by atoms with E-state index in [0.717, 1.165) is 36.8 Å². The first kappa shape index (κ1) is 14.3. The van der Waals surface area contributed by atoms with Crippen LogP contribution >= 0.6 is 11.6 Å². The van der Waals surface area contributed by atoms with E-state index in [-0.39, 0.29) is 5.91 Å². The van der Waals surface area contributed by atoms with E-state index in [4.69, 9.17) is 11.6 Å². The van der Waals surface area contributed by atoms with Crippen molar-refractivity contribution in [1.29, 1.82) is 0 Å². The molecule has 3 nitrogen and oxygen atoms in total. The number of carbonyl (C=O) groups is 1. The summed E-state index contributed by atoms with van der Waals surface area (Å²) in [6, 6.07) is 9.35. The van der Waals surface area contributed by atoms with Gasteiger partial charge in [0, 0.05) is 18.5 Å². The lowest BCUT2D eigenvalue weighted by Gasteiger charge is -2.32. The lowest BCUT2D eigenvalue weighted by Crippen LogP contribution is -2.40. The normalized spacial score (nSPS) is 19.0. The number of nitrogens with zero attached hydrogens (tertiary/aromatic N) is 2. The summed E-state index contributed by atoms with van der Waals surface area (Å²) in [5.74, 6) is 0.611. The first-order valence-corrected chi connectivity index (χ1v) is 7.91. The number of para-hydroxylation sites is 1. The molecule has 4 heteroatoms. The van der Waals surface area contributed by atoms with Crippen LogP contribution in [0, 0.1) is 5.92 Å². The van der Waals surface area contributed by atoms with Gasteiger partial charge in [-0.1, -0.05) is 43.1 Å². The van der Waals surface area contributed by atoms with Gasteiger partial charge in [-0.25, -0.2) is 4.98 Å². The topological polar surface area (TPSA) is 33.2 Å². The second-order valence-electron chi connectivity index (χ2n) is 5.67. The van der Waals surface area contributed by atoms with Gasteiger partial charge >= 0.3 is 0 Å². The minimum atomic E-state index is 0.000744. The van der Waals surface area contributed by atoms with Crippen LogP contribution in [0.2, 0.25) is 5.02 Å². The monoisotopic (exact) mass is 302 g/mol. The third kappa shape index (κ3) is 2.88. The summed E-state index contributed by atoms with van der Waals surface area (Å²) in [4.78, 5) is 19.1. The molecular formula is C17H19ClN2O. The highest BCUT2D eigenvalue weighted by molar-refractivity contribution is 6.35. The van der Waals surface area contributed by atoms with E-state index < -0.39 is 0 Å². The third-order valence-corrected chi connectivity index (χ3v) is 4.58. The summed E-state index contributed by atoms with van der Waals surface area (Å²) in [6.45, 7) is 3.84.